The van der Waals surface area contributed by atoms with Gasteiger partial charge in [-0.05, 0) is 30.7 Å². The molecule has 20 heavy (non-hydrogen) atoms. The Morgan fingerprint density at radius 1 is 1.20 bits per heavy atom. The van der Waals surface area contributed by atoms with Crippen molar-refractivity contribution in [3.63, 3.8) is 0 Å². The van der Waals surface area contributed by atoms with Crippen molar-refractivity contribution in [2.75, 3.05) is 12.8 Å². The Morgan fingerprint density at radius 2 is 1.90 bits per heavy atom. The average Bonchev–Trinajstić information content (AvgIpc) is 2.41. The lowest BCUT2D eigenvalue weighted by Gasteiger charge is -2.10. The van der Waals surface area contributed by atoms with Crippen molar-refractivity contribution in [3.8, 4) is 17.4 Å². The summed E-state index contributed by atoms with van der Waals surface area (Å²) in [5, 5.41) is 0. The molecule has 0 aliphatic carbocycles. The average molecular weight is 273 g/mol. The molecular formula is C14H15N3O3. The second-order valence-electron chi connectivity index (χ2n) is 4.27. The van der Waals surface area contributed by atoms with Gasteiger partial charge in [0.05, 0.1) is 12.8 Å². The molecule has 4 N–H and O–H groups in total. The van der Waals surface area contributed by atoms with E-state index in [4.69, 9.17) is 20.9 Å². The number of pyridine rings is 1. The molecule has 1 aromatic carbocycles. The fourth-order valence-corrected chi connectivity index (χ4v) is 1.67. The minimum absolute atomic E-state index is 0.263. The molecule has 0 unspecified atom stereocenters. The third kappa shape index (κ3) is 2.97. The van der Waals surface area contributed by atoms with Crippen molar-refractivity contribution in [2.24, 2.45) is 5.73 Å². The van der Waals surface area contributed by atoms with E-state index in [9.17, 15) is 4.79 Å². The van der Waals surface area contributed by atoms with Crippen LogP contribution >= 0.6 is 0 Å². The monoisotopic (exact) mass is 273 g/mol. The van der Waals surface area contributed by atoms with Crippen LogP contribution in [-0.4, -0.2) is 18.0 Å². The maximum absolute atomic E-state index is 11.3. The van der Waals surface area contributed by atoms with Crippen LogP contribution in [0.3, 0.4) is 0 Å². The van der Waals surface area contributed by atoms with Gasteiger partial charge in [0.2, 0.25) is 11.8 Å². The minimum Gasteiger partial charge on any atom is -0.497 e. The summed E-state index contributed by atoms with van der Waals surface area (Å²) >= 11 is 0. The maximum atomic E-state index is 11.3. The van der Waals surface area contributed by atoms with Crippen LogP contribution in [0.4, 0.5) is 5.69 Å². The second kappa shape index (κ2) is 5.48. The third-order valence-corrected chi connectivity index (χ3v) is 2.63. The lowest BCUT2D eigenvalue weighted by molar-refractivity contribution is 0.0999. The van der Waals surface area contributed by atoms with Gasteiger partial charge in [-0.1, -0.05) is 0 Å². The molecule has 0 aliphatic heterocycles. The van der Waals surface area contributed by atoms with Crippen molar-refractivity contribution in [2.45, 2.75) is 6.92 Å². The summed E-state index contributed by atoms with van der Waals surface area (Å²) in [5.41, 5.74) is 12.7. The van der Waals surface area contributed by atoms with Gasteiger partial charge in [-0.2, -0.15) is 0 Å². The molecule has 0 saturated heterocycles. The SMILES string of the molecule is COc1cc(Oc2ncc(C)cc2N)cc(C(N)=O)c1. The Bertz CT molecular complexity index is 656. The van der Waals surface area contributed by atoms with E-state index in [0.717, 1.165) is 5.56 Å². The van der Waals surface area contributed by atoms with Crippen LogP contribution < -0.4 is 20.9 Å². The highest BCUT2D eigenvalue weighted by Gasteiger charge is 2.10. The molecule has 2 rings (SSSR count). The van der Waals surface area contributed by atoms with E-state index in [1.54, 1.807) is 18.3 Å². The summed E-state index contributed by atoms with van der Waals surface area (Å²) in [7, 11) is 1.49. The quantitative estimate of drug-likeness (QED) is 0.885. The first-order valence-corrected chi connectivity index (χ1v) is 5.88. The molecule has 0 spiro atoms. The number of anilines is 1. The number of nitrogen functional groups attached to an aromatic ring is 1. The Labute approximate surface area is 116 Å². The summed E-state index contributed by atoms with van der Waals surface area (Å²) in [6, 6.07) is 6.40. The number of primary amides is 1. The first kappa shape index (κ1) is 13.7. The van der Waals surface area contributed by atoms with Gasteiger partial charge in [-0.25, -0.2) is 4.98 Å². The molecule has 0 atom stereocenters. The summed E-state index contributed by atoms with van der Waals surface area (Å²) in [6.07, 6.45) is 1.64. The molecule has 0 radical (unpaired) electrons. The summed E-state index contributed by atoms with van der Waals surface area (Å²) in [6.45, 7) is 1.88. The number of amides is 1. The van der Waals surface area contributed by atoms with E-state index >= 15 is 0 Å². The molecular weight excluding hydrogens is 258 g/mol. The van der Waals surface area contributed by atoms with Crippen molar-refractivity contribution < 1.29 is 14.3 Å². The number of carbonyl (C=O) groups excluding carboxylic acids is 1. The largest absolute Gasteiger partial charge is 0.497 e. The molecule has 2 aromatic rings. The lowest BCUT2D eigenvalue weighted by atomic mass is 10.2. The number of aryl methyl sites for hydroxylation is 1. The van der Waals surface area contributed by atoms with Crippen LogP contribution in [-0.2, 0) is 0 Å². The fraction of sp³-hybridized carbons (Fsp3) is 0.143. The number of ether oxygens (including phenoxy) is 2. The second-order valence-corrected chi connectivity index (χ2v) is 4.27. The van der Waals surface area contributed by atoms with Gasteiger partial charge in [-0.3, -0.25) is 4.79 Å². The molecule has 6 heteroatoms. The van der Waals surface area contributed by atoms with Crippen molar-refractivity contribution in [1.82, 2.24) is 4.98 Å². The van der Waals surface area contributed by atoms with Gasteiger partial charge in [0.1, 0.15) is 11.5 Å². The summed E-state index contributed by atoms with van der Waals surface area (Å²) in [4.78, 5) is 15.4. The van der Waals surface area contributed by atoms with E-state index in [1.165, 1.54) is 19.2 Å². The molecule has 1 amide bonds. The Morgan fingerprint density at radius 3 is 2.50 bits per heavy atom. The normalized spacial score (nSPS) is 10.1. The van der Waals surface area contributed by atoms with Crippen molar-refractivity contribution in [1.29, 1.82) is 0 Å². The smallest absolute Gasteiger partial charge is 0.248 e. The number of nitrogens with two attached hydrogens (primary N) is 2. The molecule has 0 aliphatic rings. The van der Waals surface area contributed by atoms with Crippen LogP contribution in [0.1, 0.15) is 15.9 Å². The van der Waals surface area contributed by atoms with E-state index in [2.05, 4.69) is 4.98 Å². The van der Waals surface area contributed by atoms with Crippen LogP contribution in [0, 0.1) is 6.92 Å². The number of hydrogen-bond acceptors (Lipinski definition) is 5. The van der Waals surface area contributed by atoms with Gasteiger partial charge in [0.15, 0.2) is 0 Å². The number of nitrogens with zero attached hydrogens (tertiary/aromatic N) is 1. The highest BCUT2D eigenvalue weighted by atomic mass is 16.5. The standard InChI is InChI=1S/C14H15N3O3/c1-8-3-12(15)14(17-7-8)20-11-5-9(13(16)18)4-10(6-11)19-2/h3-7H,15H2,1-2H3,(H2,16,18). The van der Waals surface area contributed by atoms with Crippen LogP contribution in [0.15, 0.2) is 30.5 Å². The molecule has 0 saturated carbocycles. The highest BCUT2D eigenvalue weighted by Crippen LogP contribution is 2.29. The molecule has 1 aromatic heterocycles. The van der Waals surface area contributed by atoms with Crippen LogP contribution in [0.25, 0.3) is 0 Å². The van der Waals surface area contributed by atoms with Crippen molar-refractivity contribution >= 4 is 11.6 Å². The fourth-order valence-electron chi connectivity index (χ4n) is 1.67. The zero-order valence-electron chi connectivity index (χ0n) is 11.2. The molecule has 104 valence electrons. The van der Waals surface area contributed by atoms with Crippen LogP contribution in [0.5, 0.6) is 17.4 Å². The minimum atomic E-state index is -0.571. The van der Waals surface area contributed by atoms with Gasteiger partial charge in [0.25, 0.3) is 0 Å². The summed E-state index contributed by atoms with van der Waals surface area (Å²) < 4.78 is 10.7. The van der Waals surface area contributed by atoms with Gasteiger partial charge in [-0.15, -0.1) is 0 Å². The maximum Gasteiger partial charge on any atom is 0.248 e. The lowest BCUT2D eigenvalue weighted by Crippen LogP contribution is -2.11. The molecule has 6 nitrogen and oxygen atoms in total. The third-order valence-electron chi connectivity index (χ3n) is 2.63. The predicted octanol–water partition coefficient (Wildman–Crippen LogP) is 1.87. The predicted molar refractivity (Wildman–Crippen MR) is 75.0 cm³/mol. The number of carbonyl (C=O) groups is 1. The molecule has 1 heterocycles. The van der Waals surface area contributed by atoms with Gasteiger partial charge >= 0.3 is 0 Å². The number of benzene rings is 1. The first-order chi connectivity index (χ1) is 9.49. The van der Waals surface area contributed by atoms with E-state index in [1.807, 2.05) is 6.92 Å². The topological polar surface area (TPSA) is 100 Å². The Balaban J connectivity index is 2.37. The Kier molecular flexibility index (Phi) is 3.74. The van der Waals surface area contributed by atoms with E-state index in [-0.39, 0.29) is 11.4 Å². The zero-order chi connectivity index (χ0) is 14.7. The number of methoxy groups -OCH3 is 1. The van der Waals surface area contributed by atoms with Gasteiger partial charge in [0, 0.05) is 17.8 Å². The van der Waals surface area contributed by atoms with E-state index < -0.39 is 5.91 Å². The Hall–Kier alpha value is -2.76. The number of hydrogen-bond donors (Lipinski definition) is 2. The van der Waals surface area contributed by atoms with Crippen molar-refractivity contribution in [3.05, 3.63) is 41.6 Å². The first-order valence-electron chi connectivity index (χ1n) is 5.88. The highest BCUT2D eigenvalue weighted by molar-refractivity contribution is 5.93. The number of rotatable bonds is 4. The molecule has 0 bridgehead atoms. The van der Waals surface area contributed by atoms with E-state index in [0.29, 0.717) is 17.2 Å². The zero-order valence-corrected chi connectivity index (χ0v) is 11.2. The van der Waals surface area contributed by atoms with Crippen LogP contribution in [0.2, 0.25) is 0 Å². The summed E-state index contributed by atoms with van der Waals surface area (Å²) in [5.74, 6) is 0.529. The number of aromatic nitrogens is 1. The van der Waals surface area contributed by atoms with Gasteiger partial charge < -0.3 is 20.9 Å². The molecule has 0 fully saturated rings.